The summed E-state index contributed by atoms with van der Waals surface area (Å²) in [4.78, 5) is 11.9. The van der Waals surface area contributed by atoms with Crippen LogP contribution in [0.4, 0.5) is 0 Å². The molecular weight excluding hydrogens is 322 g/mol. The number of ketones is 1. The zero-order chi connectivity index (χ0) is 17.1. The molecule has 0 fully saturated rings. The van der Waals surface area contributed by atoms with Gasteiger partial charge in [-0.2, -0.15) is 0 Å². The highest BCUT2D eigenvalue weighted by atomic mass is 35.5. The molecule has 0 atom stereocenters. The van der Waals surface area contributed by atoms with Crippen molar-refractivity contribution in [3.8, 4) is 5.75 Å². The highest BCUT2D eigenvalue weighted by Gasteiger charge is 2.14. The second-order valence-corrected chi connectivity index (χ2v) is 6.20. The Morgan fingerprint density at radius 3 is 2.58 bits per heavy atom. The number of carbonyl (C=O) groups excluding carboxylic acids is 1. The van der Waals surface area contributed by atoms with Crippen molar-refractivity contribution in [2.24, 2.45) is 0 Å². The maximum atomic E-state index is 11.9. The van der Waals surface area contributed by atoms with Crippen LogP contribution in [0.1, 0.15) is 29.8 Å². The SMILES string of the molecule is CCc1cccc2c(C(C)=O)cn(CCOc3ccc(Cl)cc3)c12. The van der Waals surface area contributed by atoms with E-state index in [2.05, 4.69) is 17.6 Å². The molecule has 0 saturated heterocycles. The predicted octanol–water partition coefficient (Wildman–Crippen LogP) is 5.14. The smallest absolute Gasteiger partial charge is 0.161 e. The number of benzene rings is 2. The fourth-order valence-corrected chi connectivity index (χ4v) is 3.10. The van der Waals surface area contributed by atoms with Gasteiger partial charge in [-0.05, 0) is 43.2 Å². The van der Waals surface area contributed by atoms with Crippen molar-refractivity contribution in [2.75, 3.05) is 6.61 Å². The summed E-state index contributed by atoms with van der Waals surface area (Å²) >= 11 is 5.88. The molecule has 124 valence electrons. The predicted molar refractivity (Wildman–Crippen MR) is 98.3 cm³/mol. The highest BCUT2D eigenvalue weighted by Crippen LogP contribution is 2.26. The summed E-state index contributed by atoms with van der Waals surface area (Å²) in [6.07, 6.45) is 2.87. The van der Waals surface area contributed by atoms with E-state index < -0.39 is 0 Å². The third-order valence-corrected chi connectivity index (χ3v) is 4.41. The van der Waals surface area contributed by atoms with Crippen molar-refractivity contribution in [1.29, 1.82) is 0 Å². The number of carbonyl (C=O) groups is 1. The van der Waals surface area contributed by atoms with Crippen molar-refractivity contribution in [3.05, 3.63) is 64.8 Å². The van der Waals surface area contributed by atoms with Crippen LogP contribution in [0.5, 0.6) is 5.75 Å². The summed E-state index contributed by atoms with van der Waals surface area (Å²) in [6, 6.07) is 13.5. The number of fused-ring (bicyclic) bond motifs is 1. The molecule has 0 radical (unpaired) electrons. The van der Waals surface area contributed by atoms with Crippen LogP contribution in [0, 0.1) is 0 Å². The average molecular weight is 342 g/mol. The van der Waals surface area contributed by atoms with Gasteiger partial charge in [0.2, 0.25) is 0 Å². The molecule has 0 N–H and O–H groups in total. The van der Waals surface area contributed by atoms with Crippen LogP contribution in [0.3, 0.4) is 0 Å². The lowest BCUT2D eigenvalue weighted by atomic mass is 10.1. The topological polar surface area (TPSA) is 31.2 Å². The minimum atomic E-state index is 0.0885. The van der Waals surface area contributed by atoms with E-state index in [9.17, 15) is 4.79 Å². The van der Waals surface area contributed by atoms with Gasteiger partial charge in [-0.1, -0.05) is 36.7 Å². The zero-order valence-electron chi connectivity index (χ0n) is 13.9. The van der Waals surface area contributed by atoms with Gasteiger partial charge in [0, 0.05) is 22.2 Å². The van der Waals surface area contributed by atoms with Gasteiger partial charge in [0.1, 0.15) is 12.4 Å². The lowest BCUT2D eigenvalue weighted by molar-refractivity contribution is 0.101. The average Bonchev–Trinajstić information content (AvgIpc) is 2.96. The van der Waals surface area contributed by atoms with Crippen LogP contribution >= 0.6 is 11.6 Å². The van der Waals surface area contributed by atoms with E-state index in [-0.39, 0.29) is 5.78 Å². The van der Waals surface area contributed by atoms with E-state index in [1.54, 1.807) is 6.92 Å². The molecule has 0 saturated carbocycles. The van der Waals surface area contributed by atoms with Crippen LogP contribution in [0.25, 0.3) is 10.9 Å². The van der Waals surface area contributed by atoms with Crippen molar-refractivity contribution >= 4 is 28.3 Å². The molecule has 0 aliphatic rings. The second kappa shape index (κ2) is 7.10. The first kappa shape index (κ1) is 16.6. The highest BCUT2D eigenvalue weighted by molar-refractivity contribution is 6.30. The minimum absolute atomic E-state index is 0.0885. The molecule has 0 amide bonds. The summed E-state index contributed by atoms with van der Waals surface area (Å²) in [5.41, 5.74) is 3.14. The monoisotopic (exact) mass is 341 g/mol. The van der Waals surface area contributed by atoms with Crippen LogP contribution < -0.4 is 4.74 Å². The lowest BCUT2D eigenvalue weighted by Crippen LogP contribution is -2.08. The number of nitrogens with zero attached hydrogens (tertiary/aromatic N) is 1. The Balaban J connectivity index is 1.85. The van der Waals surface area contributed by atoms with Gasteiger partial charge in [0.25, 0.3) is 0 Å². The Bertz CT molecular complexity index is 865. The maximum Gasteiger partial charge on any atom is 0.161 e. The first-order valence-electron chi connectivity index (χ1n) is 8.10. The number of Topliss-reactive ketones (excluding diaryl/α,β-unsaturated/α-hetero) is 1. The molecule has 0 spiro atoms. The summed E-state index contributed by atoms with van der Waals surface area (Å²) in [5.74, 6) is 0.879. The van der Waals surface area contributed by atoms with E-state index in [4.69, 9.17) is 16.3 Å². The molecule has 3 rings (SSSR count). The van der Waals surface area contributed by atoms with Gasteiger partial charge < -0.3 is 9.30 Å². The Hall–Kier alpha value is -2.26. The van der Waals surface area contributed by atoms with E-state index in [0.717, 1.165) is 28.6 Å². The number of hydrogen-bond donors (Lipinski definition) is 0. The van der Waals surface area contributed by atoms with Gasteiger partial charge in [-0.15, -0.1) is 0 Å². The molecule has 0 aliphatic heterocycles. The van der Waals surface area contributed by atoms with Crippen molar-refractivity contribution in [3.63, 3.8) is 0 Å². The van der Waals surface area contributed by atoms with Gasteiger partial charge >= 0.3 is 0 Å². The quantitative estimate of drug-likeness (QED) is 0.581. The Labute approximate surface area is 146 Å². The van der Waals surface area contributed by atoms with Crippen LogP contribution in [0.15, 0.2) is 48.7 Å². The van der Waals surface area contributed by atoms with Gasteiger partial charge in [-0.3, -0.25) is 4.79 Å². The molecule has 24 heavy (non-hydrogen) atoms. The molecular formula is C20H20ClNO2. The zero-order valence-corrected chi connectivity index (χ0v) is 14.6. The summed E-state index contributed by atoms with van der Waals surface area (Å²) < 4.78 is 7.92. The number of aromatic nitrogens is 1. The van der Waals surface area contributed by atoms with Crippen molar-refractivity contribution in [1.82, 2.24) is 4.57 Å². The molecule has 2 aromatic carbocycles. The van der Waals surface area contributed by atoms with Crippen molar-refractivity contribution < 1.29 is 9.53 Å². The van der Waals surface area contributed by atoms with Crippen LogP contribution in [-0.2, 0) is 13.0 Å². The number of rotatable bonds is 6. The number of para-hydroxylation sites is 1. The third-order valence-electron chi connectivity index (χ3n) is 4.16. The molecule has 3 nitrogen and oxygen atoms in total. The molecule has 1 aromatic heterocycles. The number of aryl methyl sites for hydroxylation is 1. The molecule has 3 aromatic rings. The minimum Gasteiger partial charge on any atom is -0.492 e. The summed E-state index contributed by atoms with van der Waals surface area (Å²) in [6.45, 7) is 4.95. The first-order chi connectivity index (χ1) is 11.6. The fourth-order valence-electron chi connectivity index (χ4n) is 2.97. The van der Waals surface area contributed by atoms with E-state index in [1.807, 2.05) is 42.6 Å². The van der Waals surface area contributed by atoms with Gasteiger partial charge in [0.05, 0.1) is 12.1 Å². The number of ether oxygens (including phenoxy) is 1. The van der Waals surface area contributed by atoms with Crippen molar-refractivity contribution in [2.45, 2.75) is 26.8 Å². The van der Waals surface area contributed by atoms with E-state index >= 15 is 0 Å². The Kier molecular flexibility index (Phi) is 4.91. The fraction of sp³-hybridized carbons (Fsp3) is 0.250. The molecule has 4 heteroatoms. The van der Waals surface area contributed by atoms with Crippen LogP contribution in [0.2, 0.25) is 5.02 Å². The van der Waals surface area contributed by atoms with Crippen LogP contribution in [-0.4, -0.2) is 17.0 Å². The van der Waals surface area contributed by atoms with E-state index in [0.29, 0.717) is 18.2 Å². The second-order valence-electron chi connectivity index (χ2n) is 5.76. The van der Waals surface area contributed by atoms with E-state index in [1.165, 1.54) is 5.56 Å². The molecule has 0 bridgehead atoms. The number of halogens is 1. The maximum absolute atomic E-state index is 11.9. The molecule has 0 unspecified atom stereocenters. The standard InChI is InChI=1S/C20H20ClNO2/c1-3-15-5-4-6-18-19(14(2)23)13-22(20(15)18)11-12-24-17-9-7-16(21)8-10-17/h4-10,13H,3,11-12H2,1-2H3. The third kappa shape index (κ3) is 3.31. The normalized spacial score (nSPS) is 11.0. The largest absolute Gasteiger partial charge is 0.492 e. The van der Waals surface area contributed by atoms with Gasteiger partial charge in [0.15, 0.2) is 5.78 Å². The summed E-state index contributed by atoms with van der Waals surface area (Å²) in [7, 11) is 0. The molecule has 1 heterocycles. The Morgan fingerprint density at radius 1 is 1.17 bits per heavy atom. The summed E-state index contributed by atoms with van der Waals surface area (Å²) in [5, 5.41) is 1.71. The lowest BCUT2D eigenvalue weighted by Gasteiger charge is -2.10. The molecule has 0 aliphatic carbocycles. The first-order valence-corrected chi connectivity index (χ1v) is 8.48. The number of hydrogen-bond acceptors (Lipinski definition) is 2. The Morgan fingerprint density at radius 2 is 1.92 bits per heavy atom. The van der Waals surface area contributed by atoms with Gasteiger partial charge in [-0.25, -0.2) is 0 Å².